The number of carbonyl (C=O) groups is 2. The van der Waals surface area contributed by atoms with Crippen molar-refractivity contribution in [2.24, 2.45) is 11.8 Å². The molecular formula is C14H12FNO4. The molecule has 1 aromatic rings. The van der Waals surface area contributed by atoms with Crippen LogP contribution < -0.4 is 5.32 Å². The highest BCUT2D eigenvalue weighted by Crippen LogP contribution is 2.39. The summed E-state index contributed by atoms with van der Waals surface area (Å²) in [5, 5.41) is 11.6. The first-order valence-corrected chi connectivity index (χ1v) is 6.20. The third-order valence-corrected chi connectivity index (χ3v) is 3.62. The van der Waals surface area contributed by atoms with Crippen LogP contribution in [0.25, 0.3) is 0 Å². The molecule has 6 heteroatoms. The van der Waals surface area contributed by atoms with Crippen LogP contribution in [0.4, 0.5) is 10.1 Å². The summed E-state index contributed by atoms with van der Waals surface area (Å²) in [6, 6.07) is 5.74. The summed E-state index contributed by atoms with van der Waals surface area (Å²) in [6.07, 6.45) is 2.17. The standard InChI is InChI=1S/C14H12FNO4/c15-7-3-1-2-4-8(7)16-13(17)11-9-5-6-10(20-9)12(11)14(18)19/h1-6,9-12H,(H,16,17)(H,18,19)/t9-,10-,11-,12-/m0/s1. The van der Waals surface area contributed by atoms with Crippen molar-refractivity contribution in [1.82, 2.24) is 0 Å². The molecule has 2 aliphatic rings. The molecule has 1 saturated heterocycles. The van der Waals surface area contributed by atoms with Gasteiger partial charge in [0.25, 0.3) is 0 Å². The summed E-state index contributed by atoms with van der Waals surface area (Å²) in [5.74, 6) is -3.97. The van der Waals surface area contributed by atoms with Gasteiger partial charge < -0.3 is 15.2 Å². The minimum Gasteiger partial charge on any atom is -0.481 e. The molecule has 5 nitrogen and oxygen atoms in total. The molecule has 104 valence electrons. The van der Waals surface area contributed by atoms with Crippen LogP contribution >= 0.6 is 0 Å². The largest absolute Gasteiger partial charge is 0.481 e. The minimum absolute atomic E-state index is 0.0355. The lowest BCUT2D eigenvalue weighted by Crippen LogP contribution is -2.39. The average Bonchev–Trinajstić information content (AvgIpc) is 3.01. The fraction of sp³-hybridized carbons (Fsp3) is 0.286. The second kappa shape index (κ2) is 4.72. The van der Waals surface area contributed by atoms with Gasteiger partial charge in [0, 0.05) is 0 Å². The number of ether oxygens (including phenoxy) is 1. The number of carboxylic acids is 1. The molecule has 3 rings (SSSR count). The first-order valence-electron chi connectivity index (χ1n) is 6.20. The predicted octanol–water partition coefficient (Wildman–Crippen LogP) is 1.42. The van der Waals surface area contributed by atoms with Crippen molar-refractivity contribution < 1.29 is 23.8 Å². The van der Waals surface area contributed by atoms with Crippen molar-refractivity contribution in [3.8, 4) is 0 Å². The monoisotopic (exact) mass is 277 g/mol. The van der Waals surface area contributed by atoms with E-state index in [2.05, 4.69) is 5.32 Å². The van der Waals surface area contributed by atoms with E-state index in [-0.39, 0.29) is 5.69 Å². The predicted molar refractivity (Wildman–Crippen MR) is 67.4 cm³/mol. The average molecular weight is 277 g/mol. The highest BCUT2D eigenvalue weighted by Gasteiger charge is 2.53. The van der Waals surface area contributed by atoms with Crippen molar-refractivity contribution in [3.63, 3.8) is 0 Å². The summed E-state index contributed by atoms with van der Waals surface area (Å²) >= 11 is 0. The van der Waals surface area contributed by atoms with Crippen molar-refractivity contribution in [1.29, 1.82) is 0 Å². The number of aliphatic carboxylic acids is 1. The van der Waals surface area contributed by atoms with Gasteiger partial charge in [0.15, 0.2) is 0 Å². The minimum atomic E-state index is -1.09. The second-order valence-electron chi connectivity index (χ2n) is 4.81. The highest BCUT2D eigenvalue weighted by atomic mass is 19.1. The van der Waals surface area contributed by atoms with Crippen LogP contribution in [0, 0.1) is 17.7 Å². The Labute approximate surface area is 114 Å². The van der Waals surface area contributed by atoms with Gasteiger partial charge in [0.05, 0.1) is 23.8 Å². The summed E-state index contributed by atoms with van der Waals surface area (Å²) in [4.78, 5) is 23.5. The van der Waals surface area contributed by atoms with Crippen molar-refractivity contribution in [2.75, 3.05) is 5.32 Å². The van der Waals surface area contributed by atoms with E-state index < -0.39 is 41.7 Å². The molecule has 0 aromatic heterocycles. The number of hydrogen-bond acceptors (Lipinski definition) is 3. The Morgan fingerprint density at radius 2 is 1.80 bits per heavy atom. The number of carboxylic acid groups (broad SMARTS) is 1. The van der Waals surface area contributed by atoms with Crippen LogP contribution in [-0.2, 0) is 14.3 Å². The fourth-order valence-corrected chi connectivity index (χ4v) is 2.69. The zero-order chi connectivity index (χ0) is 14.3. The molecule has 2 N–H and O–H groups in total. The maximum absolute atomic E-state index is 13.5. The van der Waals surface area contributed by atoms with Gasteiger partial charge in [-0.1, -0.05) is 24.3 Å². The number of hydrogen-bond donors (Lipinski definition) is 2. The van der Waals surface area contributed by atoms with E-state index >= 15 is 0 Å². The molecular weight excluding hydrogens is 265 g/mol. The molecule has 2 aliphatic heterocycles. The Morgan fingerprint density at radius 3 is 2.45 bits per heavy atom. The third-order valence-electron chi connectivity index (χ3n) is 3.62. The molecule has 0 unspecified atom stereocenters. The molecule has 0 saturated carbocycles. The Kier molecular flexibility index (Phi) is 3.02. The summed E-state index contributed by atoms with van der Waals surface area (Å²) in [7, 11) is 0. The SMILES string of the molecule is O=C(O)[C@@H]1[C@@H](C(=O)Nc2ccccc2F)[C@@H]2C=C[C@@H]1O2. The summed E-state index contributed by atoms with van der Waals surface area (Å²) in [5.41, 5.74) is 0.0355. The zero-order valence-corrected chi connectivity index (χ0v) is 10.3. The lowest BCUT2D eigenvalue weighted by molar-refractivity contribution is -0.145. The van der Waals surface area contributed by atoms with Gasteiger partial charge in [0.1, 0.15) is 11.7 Å². The molecule has 0 spiro atoms. The number of amides is 1. The lowest BCUT2D eigenvalue weighted by atomic mass is 9.82. The molecule has 0 aliphatic carbocycles. The van der Waals surface area contributed by atoms with Gasteiger partial charge in [-0.25, -0.2) is 4.39 Å². The second-order valence-corrected chi connectivity index (χ2v) is 4.81. The maximum atomic E-state index is 13.5. The Hall–Kier alpha value is -2.21. The normalized spacial score (nSPS) is 30.4. The number of carbonyl (C=O) groups excluding carboxylic acids is 1. The van der Waals surface area contributed by atoms with Crippen LogP contribution in [0.3, 0.4) is 0 Å². The molecule has 1 amide bonds. The van der Waals surface area contributed by atoms with Gasteiger partial charge in [-0.2, -0.15) is 0 Å². The van der Waals surface area contributed by atoms with Gasteiger partial charge in [-0.05, 0) is 12.1 Å². The molecule has 20 heavy (non-hydrogen) atoms. The Bertz CT molecular complexity index is 601. The molecule has 1 aromatic carbocycles. The molecule has 2 bridgehead atoms. The highest BCUT2D eigenvalue weighted by molar-refractivity contribution is 5.96. The van der Waals surface area contributed by atoms with E-state index in [0.717, 1.165) is 0 Å². The van der Waals surface area contributed by atoms with Crippen LogP contribution in [-0.4, -0.2) is 29.2 Å². The zero-order valence-electron chi connectivity index (χ0n) is 10.3. The van der Waals surface area contributed by atoms with E-state index in [4.69, 9.17) is 4.74 Å². The molecule has 2 heterocycles. The van der Waals surface area contributed by atoms with E-state index in [1.54, 1.807) is 18.2 Å². The third kappa shape index (κ3) is 1.98. The van der Waals surface area contributed by atoms with E-state index in [0.29, 0.717) is 0 Å². The molecule has 4 atom stereocenters. The number of nitrogens with one attached hydrogen (secondary N) is 1. The topological polar surface area (TPSA) is 75.6 Å². The van der Waals surface area contributed by atoms with Crippen LogP contribution in [0.1, 0.15) is 0 Å². The molecule has 0 radical (unpaired) electrons. The van der Waals surface area contributed by atoms with E-state index in [1.165, 1.54) is 18.2 Å². The van der Waals surface area contributed by atoms with Gasteiger partial charge in [-0.3, -0.25) is 9.59 Å². The van der Waals surface area contributed by atoms with Crippen LogP contribution in [0.2, 0.25) is 0 Å². The van der Waals surface area contributed by atoms with Crippen LogP contribution in [0.15, 0.2) is 36.4 Å². The quantitative estimate of drug-likeness (QED) is 0.819. The van der Waals surface area contributed by atoms with E-state index in [1.807, 2.05) is 0 Å². The number of rotatable bonds is 3. The van der Waals surface area contributed by atoms with Gasteiger partial charge >= 0.3 is 5.97 Å². The van der Waals surface area contributed by atoms with Crippen molar-refractivity contribution in [3.05, 3.63) is 42.2 Å². The summed E-state index contributed by atoms with van der Waals surface area (Å²) < 4.78 is 18.9. The lowest BCUT2D eigenvalue weighted by Gasteiger charge is -2.21. The number of para-hydroxylation sites is 1. The van der Waals surface area contributed by atoms with E-state index in [9.17, 15) is 19.1 Å². The Balaban J connectivity index is 1.82. The van der Waals surface area contributed by atoms with Crippen molar-refractivity contribution >= 4 is 17.6 Å². The first kappa shape index (κ1) is 12.8. The Morgan fingerprint density at radius 1 is 1.15 bits per heavy atom. The number of benzene rings is 1. The fourth-order valence-electron chi connectivity index (χ4n) is 2.69. The number of halogens is 1. The van der Waals surface area contributed by atoms with Gasteiger partial charge in [0.2, 0.25) is 5.91 Å². The van der Waals surface area contributed by atoms with Crippen molar-refractivity contribution in [2.45, 2.75) is 12.2 Å². The first-order chi connectivity index (χ1) is 9.58. The molecule has 1 fully saturated rings. The maximum Gasteiger partial charge on any atom is 0.310 e. The number of fused-ring (bicyclic) bond motifs is 2. The summed E-state index contributed by atoms with van der Waals surface area (Å²) in [6.45, 7) is 0. The smallest absolute Gasteiger partial charge is 0.310 e. The van der Waals surface area contributed by atoms with Gasteiger partial charge in [-0.15, -0.1) is 0 Å². The number of anilines is 1. The van der Waals surface area contributed by atoms with Crippen LogP contribution in [0.5, 0.6) is 0 Å².